The molecule has 0 saturated heterocycles. The molecule has 0 unspecified atom stereocenters. The zero-order valence-corrected chi connectivity index (χ0v) is 14.4. The molecule has 0 fully saturated rings. The Labute approximate surface area is 148 Å². The molecular formula is C17H16ClN3O2S. The zero-order valence-electron chi connectivity index (χ0n) is 12.8. The van der Waals surface area contributed by atoms with E-state index in [0.717, 1.165) is 10.6 Å². The predicted molar refractivity (Wildman–Crippen MR) is 95.5 cm³/mol. The summed E-state index contributed by atoms with van der Waals surface area (Å²) in [6.07, 6.45) is 1.91. The number of hydrogen-bond donors (Lipinski definition) is 1. The summed E-state index contributed by atoms with van der Waals surface area (Å²) in [5.74, 6) is 0.442. The number of nitrogens with one attached hydrogen (secondary N) is 1. The maximum absolute atomic E-state index is 11.8. The van der Waals surface area contributed by atoms with Crippen molar-refractivity contribution in [3.05, 3.63) is 59.1 Å². The van der Waals surface area contributed by atoms with Gasteiger partial charge in [0.05, 0.1) is 11.4 Å². The maximum atomic E-state index is 11.8. The van der Waals surface area contributed by atoms with Crippen LogP contribution in [0.1, 0.15) is 0 Å². The van der Waals surface area contributed by atoms with Gasteiger partial charge in [-0.15, -0.1) is 11.3 Å². The lowest BCUT2D eigenvalue weighted by Crippen LogP contribution is -2.31. The molecule has 5 nitrogen and oxygen atoms in total. The van der Waals surface area contributed by atoms with E-state index in [2.05, 4.69) is 10.4 Å². The van der Waals surface area contributed by atoms with Crippen LogP contribution in [-0.4, -0.2) is 28.8 Å². The van der Waals surface area contributed by atoms with Crippen LogP contribution >= 0.6 is 22.9 Å². The van der Waals surface area contributed by atoms with Crippen LogP contribution in [0.25, 0.3) is 10.6 Å². The van der Waals surface area contributed by atoms with Crippen molar-refractivity contribution in [1.82, 2.24) is 15.1 Å². The first-order valence-corrected chi connectivity index (χ1v) is 8.69. The van der Waals surface area contributed by atoms with Gasteiger partial charge in [-0.3, -0.25) is 9.48 Å². The molecule has 0 bridgehead atoms. The fraction of sp³-hybridized carbons (Fsp3) is 0.176. The first kappa shape index (κ1) is 16.5. The minimum absolute atomic E-state index is 0.0266. The van der Waals surface area contributed by atoms with Gasteiger partial charge in [-0.25, -0.2) is 0 Å². The highest BCUT2D eigenvalue weighted by Crippen LogP contribution is 2.22. The number of hydrogen-bond acceptors (Lipinski definition) is 4. The summed E-state index contributed by atoms with van der Waals surface area (Å²) >= 11 is 7.45. The van der Waals surface area contributed by atoms with Crippen molar-refractivity contribution in [2.75, 3.05) is 13.2 Å². The number of amides is 1. The number of aromatic nitrogens is 2. The van der Waals surface area contributed by atoms with Crippen LogP contribution in [0.5, 0.6) is 5.75 Å². The van der Waals surface area contributed by atoms with E-state index in [-0.39, 0.29) is 12.5 Å². The SMILES string of the molecule is O=C(COc1ccc(Cl)cc1)NCCn1ccc(-c2cccs2)n1. The van der Waals surface area contributed by atoms with Crippen molar-refractivity contribution in [2.45, 2.75) is 6.54 Å². The van der Waals surface area contributed by atoms with E-state index in [9.17, 15) is 4.79 Å². The Balaban J connectivity index is 1.40. The van der Waals surface area contributed by atoms with E-state index < -0.39 is 0 Å². The summed E-state index contributed by atoms with van der Waals surface area (Å²) < 4.78 is 7.20. The van der Waals surface area contributed by atoms with E-state index in [1.807, 2.05) is 34.5 Å². The van der Waals surface area contributed by atoms with Gasteiger partial charge in [-0.1, -0.05) is 17.7 Å². The molecule has 24 heavy (non-hydrogen) atoms. The number of nitrogens with zero attached hydrogens (tertiary/aromatic N) is 2. The summed E-state index contributed by atoms with van der Waals surface area (Å²) in [4.78, 5) is 12.9. The van der Waals surface area contributed by atoms with Gasteiger partial charge in [0.25, 0.3) is 5.91 Å². The molecule has 0 saturated carbocycles. The van der Waals surface area contributed by atoms with Gasteiger partial charge in [0, 0.05) is 17.8 Å². The van der Waals surface area contributed by atoms with Crippen LogP contribution in [0.3, 0.4) is 0 Å². The van der Waals surface area contributed by atoms with E-state index >= 15 is 0 Å². The largest absolute Gasteiger partial charge is 0.484 e. The molecule has 2 aromatic heterocycles. The second kappa shape index (κ2) is 7.99. The molecule has 1 N–H and O–H groups in total. The number of carbonyl (C=O) groups is 1. The highest BCUT2D eigenvalue weighted by Gasteiger charge is 2.05. The molecule has 3 rings (SSSR count). The van der Waals surface area contributed by atoms with Crippen molar-refractivity contribution in [1.29, 1.82) is 0 Å². The van der Waals surface area contributed by atoms with Crippen molar-refractivity contribution in [2.24, 2.45) is 0 Å². The third kappa shape index (κ3) is 4.59. The highest BCUT2D eigenvalue weighted by molar-refractivity contribution is 7.13. The standard InChI is InChI=1S/C17H16ClN3O2S/c18-13-3-5-14(6-4-13)23-12-17(22)19-8-10-21-9-7-15(20-21)16-2-1-11-24-16/h1-7,9,11H,8,10,12H2,(H,19,22). The van der Waals surface area contributed by atoms with Gasteiger partial charge in [0.15, 0.2) is 6.61 Å². The second-order valence-electron chi connectivity index (χ2n) is 5.03. The van der Waals surface area contributed by atoms with Gasteiger partial charge < -0.3 is 10.1 Å². The lowest BCUT2D eigenvalue weighted by atomic mass is 10.3. The summed E-state index contributed by atoms with van der Waals surface area (Å²) in [5.41, 5.74) is 0.947. The molecule has 0 aliphatic heterocycles. The van der Waals surface area contributed by atoms with Crippen molar-refractivity contribution in [3.63, 3.8) is 0 Å². The summed E-state index contributed by atoms with van der Waals surface area (Å²) in [5, 5.41) is 9.95. The molecule has 0 radical (unpaired) electrons. The normalized spacial score (nSPS) is 10.5. The Morgan fingerprint density at radius 1 is 1.25 bits per heavy atom. The smallest absolute Gasteiger partial charge is 0.258 e. The zero-order chi connectivity index (χ0) is 16.8. The summed E-state index contributed by atoms with van der Waals surface area (Å²) in [6, 6.07) is 12.9. The average molecular weight is 362 g/mol. The predicted octanol–water partition coefficient (Wildman–Crippen LogP) is 3.46. The minimum Gasteiger partial charge on any atom is -0.484 e. The monoisotopic (exact) mass is 361 g/mol. The highest BCUT2D eigenvalue weighted by atomic mass is 35.5. The number of ether oxygens (including phenoxy) is 1. The Bertz CT molecular complexity index is 785. The van der Waals surface area contributed by atoms with Crippen molar-refractivity contribution in [3.8, 4) is 16.3 Å². The molecule has 1 amide bonds. The molecular weight excluding hydrogens is 346 g/mol. The quantitative estimate of drug-likeness (QED) is 0.701. The minimum atomic E-state index is -0.171. The number of benzene rings is 1. The summed E-state index contributed by atoms with van der Waals surface area (Å²) in [6.45, 7) is 1.08. The second-order valence-corrected chi connectivity index (χ2v) is 6.42. The van der Waals surface area contributed by atoms with Gasteiger partial charge in [0.1, 0.15) is 11.4 Å². The molecule has 2 heterocycles. The van der Waals surface area contributed by atoms with Gasteiger partial charge >= 0.3 is 0 Å². The Morgan fingerprint density at radius 3 is 2.83 bits per heavy atom. The number of rotatable bonds is 7. The molecule has 0 aliphatic rings. The Morgan fingerprint density at radius 2 is 2.08 bits per heavy atom. The lowest BCUT2D eigenvalue weighted by Gasteiger charge is -2.07. The Kier molecular flexibility index (Phi) is 5.51. The fourth-order valence-corrected chi connectivity index (χ4v) is 2.90. The van der Waals surface area contributed by atoms with Crippen LogP contribution in [0.4, 0.5) is 0 Å². The van der Waals surface area contributed by atoms with E-state index in [1.165, 1.54) is 0 Å². The van der Waals surface area contributed by atoms with Crippen molar-refractivity contribution >= 4 is 28.8 Å². The van der Waals surface area contributed by atoms with Gasteiger partial charge in [-0.05, 0) is 41.8 Å². The molecule has 3 aromatic rings. The van der Waals surface area contributed by atoms with Crippen LogP contribution in [0.15, 0.2) is 54.0 Å². The first-order chi connectivity index (χ1) is 11.7. The topological polar surface area (TPSA) is 56.1 Å². The van der Waals surface area contributed by atoms with E-state index in [1.54, 1.807) is 35.6 Å². The van der Waals surface area contributed by atoms with Crippen LogP contribution < -0.4 is 10.1 Å². The third-order valence-electron chi connectivity index (χ3n) is 3.26. The molecule has 1 aromatic carbocycles. The number of carbonyl (C=O) groups excluding carboxylic acids is 1. The van der Waals surface area contributed by atoms with E-state index in [4.69, 9.17) is 16.3 Å². The summed E-state index contributed by atoms with van der Waals surface area (Å²) in [7, 11) is 0. The van der Waals surface area contributed by atoms with Gasteiger partial charge in [-0.2, -0.15) is 5.10 Å². The maximum Gasteiger partial charge on any atom is 0.258 e. The molecule has 124 valence electrons. The molecule has 0 spiro atoms. The number of thiophene rings is 1. The van der Waals surface area contributed by atoms with E-state index in [0.29, 0.717) is 23.9 Å². The van der Waals surface area contributed by atoms with Gasteiger partial charge in [0.2, 0.25) is 0 Å². The van der Waals surface area contributed by atoms with Crippen LogP contribution in [0, 0.1) is 0 Å². The molecule has 0 atom stereocenters. The van der Waals surface area contributed by atoms with Crippen LogP contribution in [-0.2, 0) is 11.3 Å². The number of halogens is 1. The fourth-order valence-electron chi connectivity index (χ4n) is 2.08. The average Bonchev–Trinajstić information content (AvgIpc) is 3.25. The molecule has 0 aliphatic carbocycles. The Hall–Kier alpha value is -2.31. The molecule has 7 heteroatoms. The van der Waals surface area contributed by atoms with Crippen molar-refractivity contribution < 1.29 is 9.53 Å². The first-order valence-electron chi connectivity index (χ1n) is 7.43. The lowest BCUT2D eigenvalue weighted by molar-refractivity contribution is -0.123. The third-order valence-corrected chi connectivity index (χ3v) is 4.41. The van der Waals surface area contributed by atoms with Crippen LogP contribution in [0.2, 0.25) is 5.02 Å².